The minimum Gasteiger partial charge on any atom is -0.379 e. The number of nitro benzene ring substituents is 1. The zero-order valence-corrected chi connectivity index (χ0v) is 11.5. The Bertz CT molecular complexity index is 636. The van der Waals surface area contributed by atoms with Gasteiger partial charge in [-0.05, 0) is 6.07 Å². The average molecular weight is 291 g/mol. The Morgan fingerprint density at radius 2 is 2.24 bits per heavy atom. The maximum Gasteiger partial charge on any atom is 0.271 e. The van der Waals surface area contributed by atoms with E-state index in [1.807, 2.05) is 0 Å². The number of aromatic amines is 1. The number of H-pyrrole nitrogens is 1. The summed E-state index contributed by atoms with van der Waals surface area (Å²) in [6, 6.07) is 4.70. The van der Waals surface area contributed by atoms with Crippen molar-refractivity contribution in [2.75, 3.05) is 44.7 Å². The van der Waals surface area contributed by atoms with Crippen LogP contribution in [-0.4, -0.2) is 59.4 Å². The molecule has 0 unspecified atom stereocenters. The number of nitrogens with zero attached hydrogens (tertiary/aromatic N) is 3. The minimum absolute atomic E-state index is 0.0611. The first kappa shape index (κ1) is 13.8. The lowest BCUT2D eigenvalue weighted by Crippen LogP contribution is -2.39. The molecule has 8 heteroatoms. The van der Waals surface area contributed by atoms with E-state index in [4.69, 9.17) is 4.74 Å². The predicted molar refractivity (Wildman–Crippen MR) is 78.5 cm³/mol. The molecule has 8 nitrogen and oxygen atoms in total. The Kier molecular flexibility index (Phi) is 3.98. The molecule has 2 heterocycles. The first-order chi connectivity index (χ1) is 10.2. The van der Waals surface area contributed by atoms with Crippen molar-refractivity contribution >= 4 is 22.4 Å². The average Bonchev–Trinajstić information content (AvgIpc) is 2.91. The molecular formula is C13H17N5O3. The van der Waals surface area contributed by atoms with Crippen molar-refractivity contribution in [1.29, 1.82) is 0 Å². The van der Waals surface area contributed by atoms with Crippen LogP contribution in [0.1, 0.15) is 0 Å². The third-order valence-corrected chi connectivity index (χ3v) is 3.58. The van der Waals surface area contributed by atoms with Crippen molar-refractivity contribution in [3.8, 4) is 0 Å². The highest BCUT2D eigenvalue weighted by molar-refractivity contribution is 5.91. The highest BCUT2D eigenvalue weighted by Gasteiger charge is 2.12. The van der Waals surface area contributed by atoms with E-state index in [-0.39, 0.29) is 5.69 Å². The molecule has 1 fully saturated rings. The second kappa shape index (κ2) is 6.06. The van der Waals surface area contributed by atoms with Gasteiger partial charge in [-0.3, -0.25) is 20.1 Å². The zero-order valence-electron chi connectivity index (χ0n) is 11.5. The first-order valence-electron chi connectivity index (χ1n) is 6.90. The number of anilines is 1. The quantitative estimate of drug-likeness (QED) is 0.635. The maximum atomic E-state index is 10.7. The topological polar surface area (TPSA) is 96.3 Å². The monoisotopic (exact) mass is 291 g/mol. The summed E-state index contributed by atoms with van der Waals surface area (Å²) < 4.78 is 5.31. The molecule has 1 aliphatic rings. The number of hydrogen-bond donors (Lipinski definition) is 2. The van der Waals surface area contributed by atoms with Gasteiger partial charge in [-0.25, -0.2) is 0 Å². The Morgan fingerprint density at radius 1 is 1.43 bits per heavy atom. The van der Waals surface area contributed by atoms with Gasteiger partial charge in [0.2, 0.25) is 0 Å². The van der Waals surface area contributed by atoms with Crippen molar-refractivity contribution in [1.82, 2.24) is 15.1 Å². The summed E-state index contributed by atoms with van der Waals surface area (Å²) in [5.41, 5.74) is 0.726. The predicted octanol–water partition coefficient (Wildman–Crippen LogP) is 1.22. The first-order valence-corrected chi connectivity index (χ1v) is 6.90. The van der Waals surface area contributed by atoms with Crippen LogP contribution in [0.2, 0.25) is 0 Å². The minimum atomic E-state index is -0.411. The van der Waals surface area contributed by atoms with E-state index in [9.17, 15) is 10.1 Å². The summed E-state index contributed by atoms with van der Waals surface area (Å²) in [6.45, 7) is 5.18. The van der Waals surface area contributed by atoms with Gasteiger partial charge in [0.1, 0.15) is 0 Å². The van der Waals surface area contributed by atoms with Crippen molar-refractivity contribution in [2.24, 2.45) is 0 Å². The lowest BCUT2D eigenvalue weighted by atomic mass is 10.2. The molecule has 112 valence electrons. The van der Waals surface area contributed by atoms with Crippen LogP contribution in [0.4, 0.5) is 11.5 Å². The summed E-state index contributed by atoms with van der Waals surface area (Å²) >= 11 is 0. The third-order valence-electron chi connectivity index (χ3n) is 3.58. The van der Waals surface area contributed by atoms with Gasteiger partial charge in [-0.15, -0.1) is 0 Å². The molecule has 2 N–H and O–H groups in total. The van der Waals surface area contributed by atoms with Crippen molar-refractivity contribution in [2.45, 2.75) is 0 Å². The summed E-state index contributed by atoms with van der Waals surface area (Å²) in [5, 5.41) is 21.9. The number of hydrogen-bond acceptors (Lipinski definition) is 6. The van der Waals surface area contributed by atoms with Crippen LogP contribution in [-0.2, 0) is 4.74 Å². The second-order valence-electron chi connectivity index (χ2n) is 4.94. The Morgan fingerprint density at radius 3 is 3.00 bits per heavy atom. The molecular weight excluding hydrogens is 274 g/mol. The fourth-order valence-corrected chi connectivity index (χ4v) is 2.41. The van der Waals surface area contributed by atoms with Crippen molar-refractivity contribution < 1.29 is 9.66 Å². The van der Waals surface area contributed by atoms with Crippen molar-refractivity contribution in [3.63, 3.8) is 0 Å². The smallest absolute Gasteiger partial charge is 0.271 e. The highest BCUT2D eigenvalue weighted by Crippen LogP contribution is 2.24. The van der Waals surface area contributed by atoms with Gasteiger partial charge in [0.15, 0.2) is 5.82 Å². The van der Waals surface area contributed by atoms with E-state index < -0.39 is 4.92 Å². The van der Waals surface area contributed by atoms with Gasteiger partial charge >= 0.3 is 0 Å². The van der Waals surface area contributed by atoms with Crippen LogP contribution in [0, 0.1) is 10.1 Å². The van der Waals surface area contributed by atoms with E-state index in [1.165, 1.54) is 12.1 Å². The number of ether oxygens (including phenoxy) is 1. The van der Waals surface area contributed by atoms with E-state index in [0.717, 1.165) is 50.6 Å². The molecule has 3 rings (SSSR count). The standard InChI is InChI=1S/C13H17N5O3/c19-18(20)10-1-2-11-12(9-10)15-16-13(11)14-3-4-17-5-7-21-8-6-17/h1-2,9H,3-8H2,(H2,14,15,16). The number of morpholine rings is 1. The van der Waals surface area contributed by atoms with E-state index in [1.54, 1.807) is 6.07 Å². The van der Waals surface area contributed by atoms with Gasteiger partial charge in [0.05, 0.1) is 23.7 Å². The van der Waals surface area contributed by atoms with Crippen LogP contribution < -0.4 is 5.32 Å². The summed E-state index contributed by atoms with van der Waals surface area (Å²) in [6.07, 6.45) is 0. The molecule has 1 aromatic heterocycles. The fraction of sp³-hybridized carbons (Fsp3) is 0.462. The maximum absolute atomic E-state index is 10.7. The molecule has 1 saturated heterocycles. The second-order valence-corrected chi connectivity index (χ2v) is 4.94. The third kappa shape index (κ3) is 3.11. The lowest BCUT2D eigenvalue weighted by Gasteiger charge is -2.26. The Labute approximate surface area is 121 Å². The number of nitro groups is 1. The number of aromatic nitrogens is 2. The largest absolute Gasteiger partial charge is 0.379 e. The molecule has 1 aromatic carbocycles. The summed E-state index contributed by atoms with van der Waals surface area (Å²) in [5.74, 6) is 0.730. The van der Waals surface area contributed by atoms with Gasteiger partial charge in [-0.1, -0.05) is 0 Å². The van der Waals surface area contributed by atoms with Crippen LogP contribution in [0.15, 0.2) is 18.2 Å². The van der Waals surface area contributed by atoms with E-state index in [2.05, 4.69) is 20.4 Å². The molecule has 21 heavy (non-hydrogen) atoms. The van der Waals surface area contributed by atoms with Gasteiger partial charge < -0.3 is 10.1 Å². The van der Waals surface area contributed by atoms with Crippen LogP contribution in [0.5, 0.6) is 0 Å². The summed E-state index contributed by atoms with van der Waals surface area (Å²) in [4.78, 5) is 12.7. The Balaban J connectivity index is 1.63. The van der Waals surface area contributed by atoms with Gasteiger partial charge in [0, 0.05) is 43.7 Å². The number of fused-ring (bicyclic) bond motifs is 1. The fourth-order valence-electron chi connectivity index (χ4n) is 2.41. The zero-order chi connectivity index (χ0) is 14.7. The van der Waals surface area contributed by atoms with Crippen molar-refractivity contribution in [3.05, 3.63) is 28.3 Å². The van der Waals surface area contributed by atoms with Crippen LogP contribution >= 0.6 is 0 Å². The molecule has 0 spiro atoms. The van der Waals surface area contributed by atoms with E-state index >= 15 is 0 Å². The lowest BCUT2D eigenvalue weighted by molar-refractivity contribution is -0.384. The molecule has 0 amide bonds. The molecule has 0 radical (unpaired) electrons. The molecule has 2 aromatic rings. The van der Waals surface area contributed by atoms with Crippen LogP contribution in [0.3, 0.4) is 0 Å². The van der Waals surface area contributed by atoms with Crippen LogP contribution in [0.25, 0.3) is 10.9 Å². The van der Waals surface area contributed by atoms with Gasteiger partial charge in [0.25, 0.3) is 5.69 Å². The van der Waals surface area contributed by atoms with E-state index in [0.29, 0.717) is 5.52 Å². The number of non-ortho nitro benzene ring substituents is 1. The molecule has 0 aliphatic carbocycles. The number of rotatable bonds is 5. The normalized spacial score (nSPS) is 16.2. The Hall–Kier alpha value is -2.19. The van der Waals surface area contributed by atoms with Gasteiger partial charge in [-0.2, -0.15) is 5.10 Å². The molecule has 0 bridgehead atoms. The SMILES string of the molecule is O=[N+]([O-])c1ccc2c(NCCN3CCOCC3)n[nH]c2c1. The highest BCUT2D eigenvalue weighted by atomic mass is 16.6. The molecule has 0 atom stereocenters. The molecule has 0 saturated carbocycles. The molecule has 1 aliphatic heterocycles. The number of benzene rings is 1. The summed E-state index contributed by atoms with van der Waals surface area (Å²) in [7, 11) is 0. The number of nitrogens with one attached hydrogen (secondary N) is 2.